The van der Waals surface area contributed by atoms with Gasteiger partial charge in [0.1, 0.15) is 5.82 Å². The van der Waals surface area contributed by atoms with Gasteiger partial charge in [-0.25, -0.2) is 4.98 Å². The second kappa shape index (κ2) is 9.54. The van der Waals surface area contributed by atoms with Crippen LogP contribution in [0, 0.1) is 6.92 Å². The first-order chi connectivity index (χ1) is 11.8. The lowest BCUT2D eigenvalue weighted by molar-refractivity contribution is 0.363. The van der Waals surface area contributed by atoms with Gasteiger partial charge in [-0.3, -0.25) is 4.99 Å². The molecule has 1 aliphatic heterocycles. The molecule has 1 N–H and O–H groups in total. The molecule has 8 nitrogen and oxygen atoms in total. The van der Waals surface area contributed by atoms with Crippen LogP contribution in [-0.4, -0.2) is 65.8 Å². The van der Waals surface area contributed by atoms with Crippen molar-refractivity contribution in [3.8, 4) is 0 Å². The molecule has 1 aliphatic rings. The lowest BCUT2D eigenvalue weighted by Crippen LogP contribution is -2.53. The Bertz CT molecular complexity index is 668. The Hall–Kier alpha value is -1.91. The molecule has 25 heavy (non-hydrogen) atoms. The number of guanidine groups is 1. The van der Waals surface area contributed by atoms with E-state index in [0.717, 1.165) is 44.5 Å². The maximum atomic E-state index is 5.12. The number of pyridine rings is 1. The highest BCUT2D eigenvalue weighted by Gasteiger charge is 2.20. The Morgan fingerprint density at radius 2 is 2.08 bits per heavy atom. The minimum absolute atomic E-state index is 0. The highest BCUT2D eigenvalue weighted by atomic mass is 127. The number of aliphatic imine (C=N–C) groups is 1. The fraction of sp³-hybridized carbons (Fsp3) is 0.500. The average molecular weight is 457 g/mol. The van der Waals surface area contributed by atoms with Gasteiger partial charge in [0, 0.05) is 52.4 Å². The number of piperazine rings is 1. The van der Waals surface area contributed by atoms with E-state index in [2.05, 4.69) is 41.3 Å². The summed E-state index contributed by atoms with van der Waals surface area (Å²) in [6.07, 6.45) is 2.52. The number of hydrogen-bond acceptors (Lipinski definition) is 6. The zero-order valence-electron chi connectivity index (χ0n) is 14.6. The summed E-state index contributed by atoms with van der Waals surface area (Å²) >= 11 is 0. The summed E-state index contributed by atoms with van der Waals surface area (Å²) in [5, 5.41) is 7.16. The van der Waals surface area contributed by atoms with Crippen LogP contribution in [0.1, 0.15) is 11.7 Å². The summed E-state index contributed by atoms with van der Waals surface area (Å²) in [5.74, 6) is 3.26. The molecule has 0 aliphatic carbocycles. The number of nitrogens with zero attached hydrogens (tertiary/aromatic N) is 6. The van der Waals surface area contributed by atoms with E-state index in [0.29, 0.717) is 18.1 Å². The fourth-order valence-corrected chi connectivity index (χ4v) is 2.74. The maximum Gasteiger partial charge on any atom is 0.228 e. The molecule has 0 amide bonds. The minimum Gasteiger partial charge on any atom is -0.356 e. The van der Waals surface area contributed by atoms with Gasteiger partial charge in [-0.2, -0.15) is 4.98 Å². The molecule has 3 heterocycles. The Morgan fingerprint density at radius 1 is 1.28 bits per heavy atom. The number of nitrogens with one attached hydrogen (secondary N) is 1. The Labute approximate surface area is 164 Å². The van der Waals surface area contributed by atoms with Crippen molar-refractivity contribution in [2.75, 3.05) is 44.7 Å². The van der Waals surface area contributed by atoms with E-state index in [1.54, 1.807) is 0 Å². The molecule has 136 valence electrons. The number of rotatable bonds is 4. The predicted molar refractivity (Wildman–Crippen MR) is 108 cm³/mol. The van der Waals surface area contributed by atoms with Crippen molar-refractivity contribution in [1.29, 1.82) is 0 Å². The van der Waals surface area contributed by atoms with Gasteiger partial charge in [0.2, 0.25) is 5.89 Å². The second-order valence-corrected chi connectivity index (χ2v) is 5.62. The molecule has 1 saturated heterocycles. The molecule has 0 saturated carbocycles. The van der Waals surface area contributed by atoms with Crippen molar-refractivity contribution in [3.05, 3.63) is 36.1 Å². The van der Waals surface area contributed by atoms with Gasteiger partial charge in [0.05, 0.1) is 0 Å². The van der Waals surface area contributed by atoms with Crippen molar-refractivity contribution < 1.29 is 4.52 Å². The first-order valence-corrected chi connectivity index (χ1v) is 8.17. The number of hydrogen-bond donors (Lipinski definition) is 1. The monoisotopic (exact) mass is 457 g/mol. The van der Waals surface area contributed by atoms with E-state index < -0.39 is 0 Å². The standard InChI is InChI=1S/C16H23N7O.HI/c1-13-20-15(24-21-13)6-8-19-16(17-2)23-11-9-22(10-12-23)14-5-3-4-7-18-14;/h3-5,7H,6,8-12H2,1-2H3,(H,17,19);1H. The highest BCUT2D eigenvalue weighted by Crippen LogP contribution is 2.12. The third-order valence-electron chi connectivity index (χ3n) is 3.96. The topological polar surface area (TPSA) is 82.7 Å². The normalized spacial score (nSPS) is 15.0. The van der Waals surface area contributed by atoms with Crippen LogP contribution < -0.4 is 10.2 Å². The lowest BCUT2D eigenvalue weighted by atomic mass is 10.3. The summed E-state index contributed by atoms with van der Waals surface area (Å²) in [4.78, 5) is 17.6. The lowest BCUT2D eigenvalue weighted by Gasteiger charge is -2.37. The fourth-order valence-electron chi connectivity index (χ4n) is 2.74. The number of aromatic nitrogens is 3. The summed E-state index contributed by atoms with van der Waals surface area (Å²) < 4.78 is 5.12. The SMILES string of the molecule is CN=C(NCCc1nc(C)no1)N1CCN(c2ccccn2)CC1.I. The van der Waals surface area contributed by atoms with Gasteiger partial charge in [-0.1, -0.05) is 11.2 Å². The van der Waals surface area contributed by atoms with Gasteiger partial charge >= 0.3 is 0 Å². The summed E-state index contributed by atoms with van der Waals surface area (Å²) in [7, 11) is 1.81. The predicted octanol–water partition coefficient (Wildman–Crippen LogP) is 1.33. The van der Waals surface area contributed by atoms with Crippen LogP contribution in [0.4, 0.5) is 5.82 Å². The van der Waals surface area contributed by atoms with Crippen molar-refractivity contribution in [3.63, 3.8) is 0 Å². The van der Waals surface area contributed by atoms with E-state index in [1.165, 1.54) is 0 Å². The summed E-state index contributed by atoms with van der Waals surface area (Å²) in [6, 6.07) is 6.01. The largest absolute Gasteiger partial charge is 0.356 e. The van der Waals surface area contributed by atoms with Gasteiger partial charge in [-0.15, -0.1) is 24.0 Å². The van der Waals surface area contributed by atoms with Crippen molar-refractivity contribution in [2.45, 2.75) is 13.3 Å². The molecule has 0 atom stereocenters. The molecule has 3 rings (SSSR count). The smallest absolute Gasteiger partial charge is 0.228 e. The first kappa shape index (κ1) is 19.4. The van der Waals surface area contributed by atoms with Crippen LogP contribution in [0.2, 0.25) is 0 Å². The van der Waals surface area contributed by atoms with E-state index in [9.17, 15) is 0 Å². The molecule has 0 radical (unpaired) electrons. The Morgan fingerprint density at radius 3 is 2.68 bits per heavy atom. The molecule has 0 aromatic carbocycles. The first-order valence-electron chi connectivity index (χ1n) is 8.17. The number of aryl methyl sites for hydroxylation is 1. The molecular weight excluding hydrogens is 433 g/mol. The highest BCUT2D eigenvalue weighted by molar-refractivity contribution is 14.0. The zero-order valence-corrected chi connectivity index (χ0v) is 16.9. The third-order valence-corrected chi connectivity index (χ3v) is 3.96. The van der Waals surface area contributed by atoms with Crippen LogP contribution in [0.3, 0.4) is 0 Å². The molecule has 0 bridgehead atoms. The molecule has 2 aromatic rings. The van der Waals surface area contributed by atoms with Gasteiger partial charge in [-0.05, 0) is 19.1 Å². The van der Waals surface area contributed by atoms with Gasteiger partial charge in [0.15, 0.2) is 11.8 Å². The van der Waals surface area contributed by atoms with Gasteiger partial charge < -0.3 is 19.6 Å². The Kier molecular flexibility index (Phi) is 7.41. The summed E-state index contributed by atoms with van der Waals surface area (Å²) in [6.45, 7) is 6.22. The van der Waals surface area contributed by atoms with Crippen LogP contribution in [0.25, 0.3) is 0 Å². The van der Waals surface area contributed by atoms with Crippen LogP contribution in [0.5, 0.6) is 0 Å². The molecular formula is C16H24IN7O. The van der Waals surface area contributed by atoms with Crippen molar-refractivity contribution >= 4 is 35.8 Å². The number of halogens is 1. The third kappa shape index (κ3) is 5.28. The van der Waals surface area contributed by atoms with E-state index in [4.69, 9.17) is 4.52 Å². The quantitative estimate of drug-likeness (QED) is 0.422. The summed E-state index contributed by atoms with van der Waals surface area (Å²) in [5.41, 5.74) is 0. The molecule has 2 aromatic heterocycles. The van der Waals surface area contributed by atoms with Crippen molar-refractivity contribution in [2.24, 2.45) is 4.99 Å². The number of anilines is 1. The maximum absolute atomic E-state index is 5.12. The van der Waals surface area contributed by atoms with Crippen LogP contribution in [0.15, 0.2) is 33.9 Å². The molecule has 9 heteroatoms. The second-order valence-electron chi connectivity index (χ2n) is 5.62. The van der Waals surface area contributed by atoms with E-state index >= 15 is 0 Å². The Balaban J connectivity index is 0.00000225. The van der Waals surface area contributed by atoms with E-state index in [1.807, 2.05) is 32.3 Å². The average Bonchev–Trinajstić information content (AvgIpc) is 3.05. The molecule has 0 spiro atoms. The van der Waals surface area contributed by atoms with Crippen LogP contribution >= 0.6 is 24.0 Å². The molecule has 1 fully saturated rings. The minimum atomic E-state index is 0. The van der Waals surface area contributed by atoms with Gasteiger partial charge in [0.25, 0.3) is 0 Å². The van der Waals surface area contributed by atoms with E-state index in [-0.39, 0.29) is 24.0 Å². The van der Waals surface area contributed by atoms with Crippen LogP contribution in [-0.2, 0) is 6.42 Å². The molecule has 0 unspecified atom stereocenters. The van der Waals surface area contributed by atoms with Crippen molar-refractivity contribution in [1.82, 2.24) is 25.3 Å². The zero-order chi connectivity index (χ0) is 16.8.